The molecule has 0 aliphatic rings. The summed E-state index contributed by atoms with van der Waals surface area (Å²) < 4.78 is 27.7. The topological polar surface area (TPSA) is 83.5 Å². The molecule has 0 spiro atoms. The van der Waals surface area contributed by atoms with Gasteiger partial charge in [0.15, 0.2) is 0 Å². The molecule has 1 aromatic carbocycles. The number of halogens is 1. The van der Waals surface area contributed by atoms with E-state index in [1.165, 1.54) is 29.5 Å². The summed E-state index contributed by atoms with van der Waals surface area (Å²) in [5.74, 6) is -1.12. The van der Waals surface area contributed by atoms with Gasteiger partial charge in [0.1, 0.15) is 4.21 Å². The summed E-state index contributed by atoms with van der Waals surface area (Å²) in [5.41, 5.74) is 0.206. The Hall–Kier alpha value is -1.38. The maximum Gasteiger partial charge on any atom is 0.335 e. The second kappa shape index (κ2) is 6.17. The molecular formula is C13H12BrNO4S2. The van der Waals surface area contributed by atoms with Gasteiger partial charge in [0.2, 0.25) is 0 Å². The summed E-state index contributed by atoms with van der Waals surface area (Å²) in [4.78, 5) is 11.9. The van der Waals surface area contributed by atoms with Crippen molar-refractivity contribution in [1.29, 1.82) is 0 Å². The van der Waals surface area contributed by atoms with Crippen LogP contribution in [0.3, 0.4) is 0 Å². The van der Waals surface area contributed by atoms with E-state index >= 15 is 0 Å². The summed E-state index contributed by atoms with van der Waals surface area (Å²) in [6.07, 6.45) is 0.762. The van der Waals surface area contributed by atoms with E-state index in [-0.39, 0.29) is 15.5 Å². The van der Waals surface area contributed by atoms with E-state index < -0.39 is 16.0 Å². The molecule has 0 atom stereocenters. The smallest absolute Gasteiger partial charge is 0.335 e. The second-order valence-electron chi connectivity index (χ2n) is 4.18. The van der Waals surface area contributed by atoms with Crippen molar-refractivity contribution in [2.45, 2.75) is 17.6 Å². The van der Waals surface area contributed by atoms with Gasteiger partial charge in [-0.25, -0.2) is 13.2 Å². The zero-order valence-electron chi connectivity index (χ0n) is 11.0. The SMILES string of the molecule is CCc1ccc(S(=O)(=O)Nc2cc(C(=O)O)ccc2Br)s1. The van der Waals surface area contributed by atoms with Crippen molar-refractivity contribution in [1.82, 2.24) is 0 Å². The largest absolute Gasteiger partial charge is 0.478 e. The molecule has 0 aliphatic heterocycles. The third kappa shape index (κ3) is 3.63. The molecule has 21 heavy (non-hydrogen) atoms. The zero-order valence-corrected chi connectivity index (χ0v) is 14.2. The predicted molar refractivity (Wildman–Crippen MR) is 85.6 cm³/mol. The fourth-order valence-corrected chi connectivity index (χ4v) is 4.47. The van der Waals surface area contributed by atoms with E-state index in [2.05, 4.69) is 20.7 Å². The Labute approximate surface area is 134 Å². The molecule has 1 aromatic heterocycles. The highest BCUT2D eigenvalue weighted by Crippen LogP contribution is 2.29. The average Bonchev–Trinajstić information content (AvgIpc) is 2.90. The van der Waals surface area contributed by atoms with Gasteiger partial charge in [-0.3, -0.25) is 4.72 Å². The Morgan fingerprint density at radius 3 is 2.62 bits per heavy atom. The van der Waals surface area contributed by atoms with E-state index in [0.29, 0.717) is 4.47 Å². The lowest BCUT2D eigenvalue weighted by Gasteiger charge is -2.09. The number of carboxylic acid groups (broad SMARTS) is 1. The number of nitrogens with one attached hydrogen (secondary N) is 1. The molecule has 2 N–H and O–H groups in total. The molecule has 112 valence electrons. The van der Waals surface area contributed by atoms with Crippen LogP contribution >= 0.6 is 27.3 Å². The van der Waals surface area contributed by atoms with Gasteiger partial charge in [0, 0.05) is 9.35 Å². The lowest BCUT2D eigenvalue weighted by Crippen LogP contribution is -2.12. The lowest BCUT2D eigenvalue weighted by atomic mass is 10.2. The van der Waals surface area contributed by atoms with E-state index in [1.807, 2.05) is 6.92 Å². The van der Waals surface area contributed by atoms with Gasteiger partial charge >= 0.3 is 5.97 Å². The highest BCUT2D eigenvalue weighted by molar-refractivity contribution is 9.10. The number of sulfonamides is 1. The molecule has 2 rings (SSSR count). The summed E-state index contributed by atoms with van der Waals surface area (Å²) in [7, 11) is -3.72. The second-order valence-corrected chi connectivity index (χ2v) is 8.11. The molecule has 0 fully saturated rings. The normalized spacial score (nSPS) is 11.3. The van der Waals surface area contributed by atoms with Crippen molar-refractivity contribution in [3.05, 3.63) is 45.2 Å². The van der Waals surface area contributed by atoms with Crippen LogP contribution in [0.4, 0.5) is 5.69 Å². The van der Waals surface area contributed by atoms with E-state index in [1.54, 1.807) is 12.1 Å². The number of anilines is 1. The van der Waals surface area contributed by atoms with Crippen molar-refractivity contribution in [3.63, 3.8) is 0 Å². The van der Waals surface area contributed by atoms with Gasteiger partial charge in [-0.05, 0) is 52.7 Å². The summed E-state index contributed by atoms with van der Waals surface area (Å²) in [5, 5.41) is 8.96. The van der Waals surface area contributed by atoms with Crippen LogP contribution in [0.1, 0.15) is 22.2 Å². The van der Waals surface area contributed by atoms with Crippen molar-refractivity contribution in [3.8, 4) is 0 Å². The molecule has 5 nitrogen and oxygen atoms in total. The number of hydrogen-bond donors (Lipinski definition) is 2. The van der Waals surface area contributed by atoms with Gasteiger partial charge in [-0.2, -0.15) is 0 Å². The molecule has 0 amide bonds. The molecular weight excluding hydrogens is 378 g/mol. The molecule has 2 aromatic rings. The van der Waals surface area contributed by atoms with Crippen LogP contribution in [0.25, 0.3) is 0 Å². The van der Waals surface area contributed by atoms with Gasteiger partial charge in [-0.1, -0.05) is 6.92 Å². The van der Waals surface area contributed by atoms with Gasteiger partial charge in [0.05, 0.1) is 11.3 Å². The number of rotatable bonds is 5. The molecule has 0 aliphatic carbocycles. The monoisotopic (exact) mass is 389 g/mol. The fraction of sp³-hybridized carbons (Fsp3) is 0.154. The van der Waals surface area contributed by atoms with Crippen molar-refractivity contribution < 1.29 is 18.3 Å². The first kappa shape index (κ1) is 16.0. The Morgan fingerprint density at radius 2 is 2.05 bits per heavy atom. The van der Waals surface area contributed by atoms with Crippen LogP contribution in [0.15, 0.2) is 39.0 Å². The van der Waals surface area contributed by atoms with Crippen LogP contribution in [0.2, 0.25) is 0 Å². The van der Waals surface area contributed by atoms with E-state index in [0.717, 1.165) is 11.3 Å². The highest BCUT2D eigenvalue weighted by Gasteiger charge is 2.19. The molecule has 0 saturated heterocycles. The number of aryl methyl sites for hydroxylation is 1. The van der Waals surface area contributed by atoms with E-state index in [4.69, 9.17) is 5.11 Å². The first-order chi connectivity index (χ1) is 9.83. The average molecular weight is 390 g/mol. The zero-order chi connectivity index (χ0) is 15.6. The van der Waals surface area contributed by atoms with Gasteiger partial charge < -0.3 is 5.11 Å². The van der Waals surface area contributed by atoms with Crippen LogP contribution in [-0.4, -0.2) is 19.5 Å². The summed E-state index contributed by atoms with van der Waals surface area (Å²) in [6, 6.07) is 7.47. The Bertz CT molecular complexity index is 783. The van der Waals surface area contributed by atoms with Crippen LogP contribution in [-0.2, 0) is 16.4 Å². The standard InChI is InChI=1S/C13H12BrNO4S2/c1-2-9-4-6-12(20-9)21(18,19)15-11-7-8(13(16)17)3-5-10(11)14/h3-7,15H,2H2,1H3,(H,16,17). The number of hydrogen-bond acceptors (Lipinski definition) is 4. The third-order valence-corrected chi connectivity index (χ3v) is 6.49. The number of thiophene rings is 1. The number of carbonyl (C=O) groups is 1. The maximum absolute atomic E-state index is 12.3. The highest BCUT2D eigenvalue weighted by atomic mass is 79.9. The predicted octanol–water partition coefficient (Wildman–Crippen LogP) is 3.57. The molecule has 0 saturated carbocycles. The Balaban J connectivity index is 2.36. The Morgan fingerprint density at radius 1 is 1.33 bits per heavy atom. The third-order valence-electron chi connectivity index (χ3n) is 2.71. The number of aromatic carboxylic acids is 1. The first-order valence-electron chi connectivity index (χ1n) is 5.98. The van der Waals surface area contributed by atoms with Crippen molar-refractivity contribution in [2.75, 3.05) is 4.72 Å². The summed E-state index contributed by atoms with van der Waals surface area (Å²) >= 11 is 4.40. The minimum atomic E-state index is -3.72. The minimum Gasteiger partial charge on any atom is -0.478 e. The first-order valence-corrected chi connectivity index (χ1v) is 9.07. The van der Waals surface area contributed by atoms with Crippen molar-refractivity contribution in [2.24, 2.45) is 0 Å². The molecule has 0 bridgehead atoms. The van der Waals surface area contributed by atoms with Crippen LogP contribution in [0, 0.1) is 0 Å². The molecule has 0 radical (unpaired) electrons. The van der Waals surface area contributed by atoms with Crippen molar-refractivity contribution >= 4 is 48.9 Å². The Kier molecular flexibility index (Phi) is 4.70. The molecule has 1 heterocycles. The molecule has 8 heteroatoms. The summed E-state index contributed by atoms with van der Waals surface area (Å²) in [6.45, 7) is 1.95. The van der Waals surface area contributed by atoms with Gasteiger partial charge in [-0.15, -0.1) is 11.3 Å². The number of carboxylic acids is 1. The lowest BCUT2D eigenvalue weighted by molar-refractivity contribution is 0.0697. The quantitative estimate of drug-likeness (QED) is 0.818. The fourth-order valence-electron chi connectivity index (χ4n) is 1.62. The van der Waals surface area contributed by atoms with Crippen LogP contribution < -0.4 is 4.72 Å². The molecule has 0 unspecified atom stereocenters. The maximum atomic E-state index is 12.3. The van der Waals surface area contributed by atoms with Gasteiger partial charge in [0.25, 0.3) is 10.0 Å². The number of benzene rings is 1. The van der Waals surface area contributed by atoms with E-state index in [9.17, 15) is 13.2 Å². The minimum absolute atomic E-state index is 0.0105. The van der Waals surface area contributed by atoms with Crippen LogP contribution in [0.5, 0.6) is 0 Å².